The van der Waals surface area contributed by atoms with Gasteiger partial charge in [0.25, 0.3) is 0 Å². The Morgan fingerprint density at radius 2 is 0.625 bits per heavy atom. The van der Waals surface area contributed by atoms with Gasteiger partial charge in [0.2, 0.25) is 0 Å². The lowest BCUT2D eigenvalue weighted by molar-refractivity contribution is -0.360. The van der Waals surface area contributed by atoms with E-state index in [0.29, 0.717) is 38.0 Å². The van der Waals surface area contributed by atoms with Crippen LogP contribution in [0, 0.1) is 5.92 Å². The quantitative estimate of drug-likeness (QED) is 0.0117. The van der Waals surface area contributed by atoms with Gasteiger partial charge in [-0.2, -0.15) is 0 Å². The molecule has 0 aromatic heterocycles. The number of phosphoric acid groups is 1. The van der Waals surface area contributed by atoms with Crippen LogP contribution in [0.4, 0.5) is 0 Å². The van der Waals surface area contributed by atoms with Crippen LogP contribution in [0.3, 0.4) is 0 Å². The smallest absolute Gasteiger partial charge is 0.463 e. The highest BCUT2D eigenvalue weighted by atomic mass is 31.2. The third kappa shape index (κ3) is 52.1. The van der Waals surface area contributed by atoms with Crippen LogP contribution in [-0.2, 0) is 70.7 Å². The standard InChI is InChI=1S/C94H177O25P/c1-6-10-14-18-22-25-28-31-33-35-38-41-44-47-54-60-66-78(97)111-72-76-82(101)84(103)88(107)94(115-76)118-91-89(116-80(99)68-62-56-50-49-52-58-64-73(5)63-57-51-21-17-13-9-4)85(104)86(105)90(117-93-87(106)83(102)81(100)75(69-95)114-93)92(91)119-120(108,109)112-71-74(70-110-77(96)65-59-53-46-43-40-37-30-27-24-20-16-12-8-3)113-79(98)67-61-55-48-45-42-39-36-34-32-29-26-23-19-15-11-7-2/h73-76,81-95,100-107H,6-72H2,1-5H3,(H,108,109). The molecule has 19 atom stereocenters. The number of esters is 4. The Bertz CT molecular complexity index is 2500. The molecular weight excluding hydrogens is 1560 g/mol. The van der Waals surface area contributed by atoms with Gasteiger partial charge in [0.15, 0.2) is 24.8 Å². The number of unbranched alkanes of at least 4 members (excludes halogenated alkanes) is 52. The highest BCUT2D eigenvalue weighted by Gasteiger charge is 2.60. The van der Waals surface area contributed by atoms with Gasteiger partial charge in [0.05, 0.1) is 13.2 Å². The fourth-order valence-corrected chi connectivity index (χ4v) is 17.6. The molecule has 19 unspecified atom stereocenters. The van der Waals surface area contributed by atoms with Crippen LogP contribution < -0.4 is 0 Å². The average Bonchev–Trinajstić information content (AvgIpc) is 0.754. The Morgan fingerprint density at radius 1 is 0.325 bits per heavy atom. The second-order valence-electron chi connectivity index (χ2n) is 35.6. The number of carbonyl (C=O) groups is 4. The summed E-state index contributed by atoms with van der Waals surface area (Å²) >= 11 is 0. The van der Waals surface area contributed by atoms with Crippen LogP contribution in [-0.4, -0.2) is 205 Å². The van der Waals surface area contributed by atoms with Crippen molar-refractivity contribution >= 4 is 31.7 Å². The lowest BCUT2D eigenvalue weighted by Crippen LogP contribution is -2.70. The summed E-state index contributed by atoms with van der Waals surface area (Å²) in [5.74, 6) is -2.31. The summed E-state index contributed by atoms with van der Waals surface area (Å²) in [5, 5.41) is 103. The van der Waals surface area contributed by atoms with E-state index in [0.717, 1.165) is 128 Å². The number of aliphatic hydroxyl groups excluding tert-OH is 9. The fraction of sp³-hybridized carbons (Fsp3) is 0.957. The van der Waals surface area contributed by atoms with Gasteiger partial charge >= 0.3 is 31.7 Å². The van der Waals surface area contributed by atoms with Crippen LogP contribution >= 0.6 is 7.82 Å². The third-order valence-electron chi connectivity index (χ3n) is 24.5. The molecule has 2 aliphatic heterocycles. The van der Waals surface area contributed by atoms with Gasteiger partial charge in [-0.1, -0.05) is 388 Å². The minimum Gasteiger partial charge on any atom is -0.463 e. The van der Waals surface area contributed by atoms with E-state index in [4.69, 9.17) is 46.9 Å². The zero-order chi connectivity index (χ0) is 87.6. The molecule has 3 fully saturated rings. The zero-order valence-electron chi connectivity index (χ0n) is 75.8. The lowest BCUT2D eigenvalue weighted by atomic mass is 9.84. The van der Waals surface area contributed by atoms with Crippen LogP contribution in [0.25, 0.3) is 0 Å². The van der Waals surface area contributed by atoms with Crippen LogP contribution in [0.5, 0.6) is 0 Å². The van der Waals surface area contributed by atoms with E-state index >= 15 is 0 Å². The molecule has 26 heteroatoms. The van der Waals surface area contributed by atoms with Gasteiger partial charge in [0.1, 0.15) is 92.6 Å². The van der Waals surface area contributed by atoms with E-state index in [1.54, 1.807) is 0 Å². The predicted molar refractivity (Wildman–Crippen MR) is 467 cm³/mol. The van der Waals surface area contributed by atoms with Gasteiger partial charge in [-0.25, -0.2) is 4.57 Å². The molecule has 0 bridgehead atoms. The van der Waals surface area contributed by atoms with E-state index in [9.17, 15) is 74.6 Å². The molecular formula is C94H177O25P. The van der Waals surface area contributed by atoms with E-state index < -0.39 is 162 Å². The Hall–Kier alpha value is -2.53. The van der Waals surface area contributed by atoms with Gasteiger partial charge in [-0.3, -0.25) is 28.2 Å². The number of rotatable bonds is 80. The Kier molecular flexibility index (Phi) is 67.3. The number of aliphatic hydroxyl groups is 9. The van der Waals surface area contributed by atoms with Crippen molar-refractivity contribution in [3.63, 3.8) is 0 Å². The summed E-state index contributed by atoms with van der Waals surface area (Å²) in [6, 6.07) is 0. The molecule has 708 valence electrons. The average molecular weight is 1740 g/mol. The first-order valence-corrected chi connectivity index (χ1v) is 50.7. The van der Waals surface area contributed by atoms with Gasteiger partial charge < -0.3 is 88.7 Å². The summed E-state index contributed by atoms with van der Waals surface area (Å²) in [6.07, 6.45) is 29.4. The number of phosphoric ester groups is 1. The molecule has 25 nitrogen and oxygen atoms in total. The van der Waals surface area contributed by atoms with Crippen LogP contribution in [0.1, 0.15) is 439 Å². The second-order valence-corrected chi connectivity index (χ2v) is 37.0. The molecule has 0 radical (unpaired) electrons. The topological polar surface area (TPSA) is 380 Å². The SMILES string of the molecule is CCCCCCCCCCCCCCCCCCC(=O)OCC1OC(OC2C(OC(=O)CCCCCCCCC(C)CCCCCCCC)C(O)C(O)C(OC3OC(CO)C(O)C(O)C3O)C2OP(=O)(O)OCC(COC(=O)CCCCCCCCCCCCCCC)OC(=O)CCCCCCCCCCCCCCCCCC)C(O)C(O)C1O. The highest BCUT2D eigenvalue weighted by Crippen LogP contribution is 2.49. The van der Waals surface area contributed by atoms with E-state index in [1.807, 2.05) is 0 Å². The van der Waals surface area contributed by atoms with Gasteiger partial charge in [0, 0.05) is 25.7 Å². The molecule has 120 heavy (non-hydrogen) atoms. The minimum atomic E-state index is -5.81. The van der Waals surface area contributed by atoms with Crippen LogP contribution in [0.2, 0.25) is 0 Å². The second kappa shape index (κ2) is 72.4. The predicted octanol–water partition coefficient (Wildman–Crippen LogP) is 18.8. The first kappa shape index (κ1) is 112. The molecule has 10 N–H and O–H groups in total. The minimum absolute atomic E-state index is 0.0199. The number of carbonyl (C=O) groups excluding carboxylic acids is 4. The first-order valence-electron chi connectivity index (χ1n) is 49.2. The number of ether oxygens (including phenoxy) is 8. The fourth-order valence-electron chi connectivity index (χ4n) is 16.6. The molecule has 1 aliphatic carbocycles. The van der Waals surface area contributed by atoms with E-state index in [-0.39, 0.29) is 25.7 Å². The third-order valence-corrected chi connectivity index (χ3v) is 25.5. The molecule has 3 aliphatic rings. The number of hydrogen-bond acceptors (Lipinski definition) is 24. The highest BCUT2D eigenvalue weighted by molar-refractivity contribution is 7.47. The van der Waals surface area contributed by atoms with Crippen molar-refractivity contribution in [1.29, 1.82) is 0 Å². The van der Waals surface area contributed by atoms with Crippen molar-refractivity contribution in [2.24, 2.45) is 5.92 Å². The van der Waals surface area contributed by atoms with Gasteiger partial charge in [-0.05, 0) is 31.6 Å². The first-order chi connectivity index (χ1) is 58.1. The molecule has 1 saturated carbocycles. The van der Waals surface area contributed by atoms with E-state index in [2.05, 4.69) is 34.6 Å². The van der Waals surface area contributed by atoms with Crippen molar-refractivity contribution in [3.05, 3.63) is 0 Å². The molecule has 3 rings (SSSR count). The maximum absolute atomic E-state index is 14.9. The zero-order valence-corrected chi connectivity index (χ0v) is 76.7. The van der Waals surface area contributed by atoms with Crippen molar-refractivity contribution < 1.29 is 122 Å². The number of hydrogen-bond donors (Lipinski definition) is 10. The largest absolute Gasteiger partial charge is 0.472 e. The summed E-state index contributed by atoms with van der Waals surface area (Å²) in [5.41, 5.74) is 0. The summed E-state index contributed by atoms with van der Waals surface area (Å²) < 4.78 is 73.6. The maximum atomic E-state index is 14.9. The van der Waals surface area contributed by atoms with Crippen molar-refractivity contribution in [3.8, 4) is 0 Å². The Balaban J connectivity index is 1.91. The molecule has 0 spiro atoms. The van der Waals surface area contributed by atoms with Crippen molar-refractivity contribution in [2.45, 2.75) is 543 Å². The lowest BCUT2D eigenvalue weighted by Gasteiger charge is -2.50. The maximum Gasteiger partial charge on any atom is 0.472 e. The Labute approximate surface area is 725 Å². The van der Waals surface area contributed by atoms with E-state index in [1.165, 1.54) is 218 Å². The van der Waals surface area contributed by atoms with Crippen molar-refractivity contribution in [1.82, 2.24) is 0 Å². The molecule has 0 aromatic carbocycles. The Morgan fingerprint density at radius 3 is 0.992 bits per heavy atom. The molecule has 2 heterocycles. The normalized spacial score (nSPS) is 24.9. The molecule has 2 saturated heterocycles. The molecule has 0 amide bonds. The van der Waals surface area contributed by atoms with Gasteiger partial charge in [-0.15, -0.1) is 0 Å². The monoisotopic (exact) mass is 1740 g/mol. The van der Waals surface area contributed by atoms with Crippen molar-refractivity contribution in [2.75, 3.05) is 26.4 Å². The van der Waals surface area contributed by atoms with Crippen LogP contribution in [0.15, 0.2) is 0 Å². The summed E-state index contributed by atoms with van der Waals surface area (Å²) in [6.45, 7) is 7.95. The molecule has 0 aromatic rings. The summed E-state index contributed by atoms with van der Waals surface area (Å²) in [4.78, 5) is 66.6. The summed E-state index contributed by atoms with van der Waals surface area (Å²) in [7, 11) is -5.81.